The van der Waals surface area contributed by atoms with Crippen LogP contribution in [0, 0.1) is 6.92 Å². The largest absolute Gasteiger partial charge is 0.491 e. The summed E-state index contributed by atoms with van der Waals surface area (Å²) < 4.78 is 12.2. The lowest BCUT2D eigenvalue weighted by Gasteiger charge is -2.13. The summed E-state index contributed by atoms with van der Waals surface area (Å²) in [5.74, 6) is 0.864. The third kappa shape index (κ3) is 4.63. The lowest BCUT2D eigenvalue weighted by Crippen LogP contribution is -2.29. The molecule has 0 bridgehead atoms. The maximum Gasteiger partial charge on any atom is 0.136 e. The molecule has 1 aromatic carbocycles. The van der Waals surface area contributed by atoms with E-state index in [1.807, 2.05) is 19.1 Å². The van der Waals surface area contributed by atoms with E-state index in [4.69, 9.17) is 21.1 Å². The Bertz CT molecular complexity index is 399. The van der Waals surface area contributed by atoms with Crippen LogP contribution in [0.3, 0.4) is 0 Å². The van der Waals surface area contributed by atoms with Gasteiger partial charge in [0.25, 0.3) is 0 Å². The highest BCUT2D eigenvalue weighted by molar-refractivity contribution is 9.10. The third-order valence-corrected chi connectivity index (χ3v) is 3.92. The number of rotatable bonds is 6. The number of hydrogen-bond acceptors (Lipinski definition) is 3. The molecular formula is C14H19BrClNO2. The minimum absolute atomic E-state index is 0.379. The van der Waals surface area contributed by atoms with Gasteiger partial charge >= 0.3 is 0 Å². The Morgan fingerprint density at radius 3 is 3.05 bits per heavy atom. The number of ether oxygens (including phenoxy) is 2. The molecule has 0 radical (unpaired) electrons. The molecule has 3 nitrogen and oxygen atoms in total. The first-order valence-electron chi connectivity index (χ1n) is 6.57. The molecule has 0 amide bonds. The van der Waals surface area contributed by atoms with Crippen LogP contribution >= 0.6 is 27.5 Å². The van der Waals surface area contributed by atoms with Gasteiger partial charge < -0.3 is 14.8 Å². The van der Waals surface area contributed by atoms with Crippen molar-refractivity contribution in [2.24, 2.45) is 0 Å². The molecule has 0 spiro atoms. The third-order valence-electron chi connectivity index (χ3n) is 3.12. The predicted molar refractivity (Wildman–Crippen MR) is 81.2 cm³/mol. The van der Waals surface area contributed by atoms with Gasteiger partial charge in [-0.15, -0.1) is 0 Å². The number of hydrogen-bond donors (Lipinski definition) is 1. The molecule has 2 rings (SSSR count). The average molecular weight is 349 g/mol. The Hall–Kier alpha value is -0.290. The molecule has 1 aromatic rings. The summed E-state index contributed by atoms with van der Waals surface area (Å²) in [6, 6.07) is 3.76. The maximum absolute atomic E-state index is 5.97. The lowest BCUT2D eigenvalue weighted by molar-refractivity contribution is 0.109. The van der Waals surface area contributed by atoms with Gasteiger partial charge in [-0.3, -0.25) is 0 Å². The molecule has 1 heterocycles. The Labute approximate surface area is 127 Å². The van der Waals surface area contributed by atoms with Crippen LogP contribution in [0.15, 0.2) is 16.6 Å². The first-order valence-corrected chi connectivity index (χ1v) is 7.74. The molecule has 0 unspecified atom stereocenters. The zero-order chi connectivity index (χ0) is 13.7. The molecule has 1 N–H and O–H groups in total. The normalized spacial score (nSPS) is 18.8. The second-order valence-corrected chi connectivity index (χ2v) is 6.01. The SMILES string of the molecule is Cc1cc(Cl)cc(Br)c1OCCNC[C@@H]1CCCO1. The van der Waals surface area contributed by atoms with Crippen LogP contribution in [0.4, 0.5) is 0 Å². The molecule has 1 aliphatic heterocycles. The second kappa shape index (κ2) is 7.48. The van der Waals surface area contributed by atoms with E-state index in [1.165, 1.54) is 6.42 Å². The minimum atomic E-state index is 0.379. The van der Waals surface area contributed by atoms with Gasteiger partial charge in [0.1, 0.15) is 12.4 Å². The molecule has 1 atom stereocenters. The molecule has 0 aliphatic carbocycles. The van der Waals surface area contributed by atoms with Gasteiger partial charge in [-0.1, -0.05) is 11.6 Å². The average Bonchev–Trinajstić information content (AvgIpc) is 2.84. The van der Waals surface area contributed by atoms with Gasteiger partial charge in [0, 0.05) is 24.7 Å². The second-order valence-electron chi connectivity index (χ2n) is 4.72. The van der Waals surface area contributed by atoms with E-state index in [9.17, 15) is 0 Å². The van der Waals surface area contributed by atoms with E-state index in [2.05, 4.69) is 21.2 Å². The highest BCUT2D eigenvalue weighted by Crippen LogP contribution is 2.31. The summed E-state index contributed by atoms with van der Waals surface area (Å²) in [6.45, 7) is 5.25. The van der Waals surface area contributed by atoms with Crippen molar-refractivity contribution in [3.05, 3.63) is 27.2 Å². The van der Waals surface area contributed by atoms with Crippen molar-refractivity contribution in [2.45, 2.75) is 25.9 Å². The van der Waals surface area contributed by atoms with Gasteiger partial charge in [0.15, 0.2) is 0 Å². The fourth-order valence-electron chi connectivity index (χ4n) is 2.17. The van der Waals surface area contributed by atoms with Crippen molar-refractivity contribution < 1.29 is 9.47 Å². The van der Waals surface area contributed by atoms with E-state index in [-0.39, 0.29) is 0 Å². The van der Waals surface area contributed by atoms with Crippen LogP contribution in [0.25, 0.3) is 0 Å². The molecule has 1 aliphatic rings. The molecule has 1 saturated heterocycles. The van der Waals surface area contributed by atoms with Gasteiger partial charge in [-0.2, -0.15) is 0 Å². The van der Waals surface area contributed by atoms with Gasteiger partial charge in [0.2, 0.25) is 0 Å². The summed E-state index contributed by atoms with van der Waals surface area (Å²) in [5.41, 5.74) is 1.04. The fourth-order valence-corrected chi connectivity index (χ4v) is 3.24. The van der Waals surface area contributed by atoms with Gasteiger partial charge in [0.05, 0.1) is 10.6 Å². The highest BCUT2D eigenvalue weighted by atomic mass is 79.9. The zero-order valence-corrected chi connectivity index (χ0v) is 13.4. The van der Waals surface area contributed by atoms with Gasteiger partial charge in [-0.25, -0.2) is 0 Å². The molecule has 5 heteroatoms. The van der Waals surface area contributed by atoms with Crippen LogP contribution in [0.1, 0.15) is 18.4 Å². The van der Waals surface area contributed by atoms with Crippen LogP contribution in [-0.4, -0.2) is 32.4 Å². The standard InChI is InChI=1S/C14H19BrClNO2/c1-10-7-11(16)8-13(15)14(10)19-6-4-17-9-12-3-2-5-18-12/h7-8,12,17H,2-6,9H2,1H3/t12-/m0/s1. The van der Waals surface area contributed by atoms with E-state index in [1.54, 1.807) is 0 Å². The van der Waals surface area contributed by atoms with Crippen molar-refractivity contribution in [3.63, 3.8) is 0 Å². The summed E-state index contributed by atoms with van der Waals surface area (Å²) >= 11 is 9.44. The van der Waals surface area contributed by atoms with Crippen molar-refractivity contribution in [1.82, 2.24) is 5.32 Å². The topological polar surface area (TPSA) is 30.5 Å². The molecule has 0 saturated carbocycles. The predicted octanol–water partition coefficient (Wildman–Crippen LogP) is 3.56. The van der Waals surface area contributed by atoms with Crippen molar-refractivity contribution >= 4 is 27.5 Å². The van der Waals surface area contributed by atoms with Crippen molar-refractivity contribution in [1.29, 1.82) is 0 Å². The van der Waals surface area contributed by atoms with Crippen LogP contribution in [0.5, 0.6) is 5.75 Å². The molecule has 1 fully saturated rings. The minimum Gasteiger partial charge on any atom is -0.491 e. The van der Waals surface area contributed by atoms with E-state index < -0.39 is 0 Å². The molecule has 0 aromatic heterocycles. The summed E-state index contributed by atoms with van der Waals surface area (Å²) in [7, 11) is 0. The van der Waals surface area contributed by atoms with Crippen LogP contribution < -0.4 is 10.1 Å². The van der Waals surface area contributed by atoms with E-state index in [0.29, 0.717) is 17.7 Å². The van der Waals surface area contributed by atoms with E-state index >= 15 is 0 Å². The first kappa shape index (κ1) is 15.1. The number of halogens is 2. The number of aryl methyl sites for hydroxylation is 1. The summed E-state index contributed by atoms with van der Waals surface area (Å²) in [4.78, 5) is 0. The lowest BCUT2D eigenvalue weighted by atomic mass is 10.2. The Morgan fingerprint density at radius 1 is 1.53 bits per heavy atom. The maximum atomic E-state index is 5.97. The molecule has 106 valence electrons. The molecular weight excluding hydrogens is 330 g/mol. The Kier molecular flexibility index (Phi) is 5.95. The molecule has 19 heavy (non-hydrogen) atoms. The fraction of sp³-hybridized carbons (Fsp3) is 0.571. The highest BCUT2D eigenvalue weighted by Gasteiger charge is 2.14. The quantitative estimate of drug-likeness (QED) is 0.797. The van der Waals surface area contributed by atoms with Crippen molar-refractivity contribution in [2.75, 3.05) is 26.3 Å². The Balaban J connectivity index is 1.70. The van der Waals surface area contributed by atoms with E-state index in [0.717, 1.165) is 41.9 Å². The monoisotopic (exact) mass is 347 g/mol. The van der Waals surface area contributed by atoms with Crippen molar-refractivity contribution in [3.8, 4) is 5.75 Å². The Morgan fingerprint density at radius 2 is 2.37 bits per heavy atom. The van der Waals surface area contributed by atoms with Crippen LogP contribution in [-0.2, 0) is 4.74 Å². The number of nitrogens with one attached hydrogen (secondary N) is 1. The summed E-state index contributed by atoms with van der Waals surface area (Å²) in [5, 5.41) is 4.07. The zero-order valence-electron chi connectivity index (χ0n) is 11.0. The smallest absolute Gasteiger partial charge is 0.136 e. The van der Waals surface area contributed by atoms with Gasteiger partial charge in [-0.05, 0) is 53.4 Å². The number of benzene rings is 1. The van der Waals surface area contributed by atoms with Crippen LogP contribution in [0.2, 0.25) is 5.02 Å². The first-order chi connectivity index (χ1) is 9.16. The summed E-state index contributed by atoms with van der Waals surface area (Å²) in [6.07, 6.45) is 2.72.